The van der Waals surface area contributed by atoms with Gasteiger partial charge in [-0.3, -0.25) is 14.5 Å². The molecule has 1 unspecified atom stereocenters. The summed E-state index contributed by atoms with van der Waals surface area (Å²) >= 11 is 0. The summed E-state index contributed by atoms with van der Waals surface area (Å²) in [5.41, 5.74) is 1.86. The molecule has 186 valence electrons. The van der Waals surface area contributed by atoms with Gasteiger partial charge in [0.25, 0.3) is 5.91 Å². The molecule has 0 spiro atoms. The minimum atomic E-state index is -0.654. The maximum absolute atomic E-state index is 13.6. The van der Waals surface area contributed by atoms with Gasteiger partial charge in [0.2, 0.25) is 11.7 Å². The number of ketones is 1. The lowest BCUT2D eigenvalue weighted by Gasteiger charge is -2.32. The lowest BCUT2D eigenvalue weighted by Crippen LogP contribution is -2.42. The normalized spacial score (nSPS) is 15.6. The molecular weight excluding hydrogens is 462 g/mol. The van der Waals surface area contributed by atoms with Gasteiger partial charge in [-0.05, 0) is 42.3 Å². The first-order valence-electron chi connectivity index (χ1n) is 11.7. The fourth-order valence-electron chi connectivity index (χ4n) is 4.54. The van der Waals surface area contributed by atoms with Crippen LogP contribution in [0.4, 0.5) is 5.69 Å². The first-order chi connectivity index (χ1) is 17.3. The average Bonchev–Trinajstić information content (AvgIpc) is 3.45. The van der Waals surface area contributed by atoms with Gasteiger partial charge in [0, 0.05) is 23.7 Å². The van der Waals surface area contributed by atoms with Crippen molar-refractivity contribution in [2.75, 3.05) is 12.0 Å². The van der Waals surface area contributed by atoms with Gasteiger partial charge < -0.3 is 14.4 Å². The SMILES string of the molecule is CCC(CC)C1C(C(=O)c2ccc(C(=O)OC)cc2)=C(O)C(=O)N1c1ccc(-c2noc(C)n2)cc1. The van der Waals surface area contributed by atoms with E-state index in [4.69, 9.17) is 9.26 Å². The highest BCUT2D eigenvalue weighted by Crippen LogP contribution is 2.38. The number of aliphatic hydroxyl groups excluding tert-OH is 1. The molecule has 2 aromatic carbocycles. The van der Waals surface area contributed by atoms with E-state index in [1.165, 1.54) is 36.3 Å². The molecule has 9 nitrogen and oxygen atoms in total. The number of amides is 1. The molecule has 1 atom stereocenters. The Morgan fingerprint density at radius 3 is 2.19 bits per heavy atom. The number of anilines is 1. The number of hydrogen-bond acceptors (Lipinski definition) is 8. The highest BCUT2D eigenvalue weighted by atomic mass is 16.5. The number of benzene rings is 2. The van der Waals surface area contributed by atoms with Crippen molar-refractivity contribution in [2.45, 2.75) is 39.7 Å². The zero-order valence-electron chi connectivity index (χ0n) is 20.5. The molecule has 2 heterocycles. The van der Waals surface area contributed by atoms with Crippen molar-refractivity contribution in [3.05, 3.63) is 76.9 Å². The number of nitrogens with zero attached hydrogens (tertiary/aromatic N) is 3. The van der Waals surface area contributed by atoms with Crippen molar-refractivity contribution in [3.63, 3.8) is 0 Å². The molecule has 1 aromatic heterocycles. The third-order valence-electron chi connectivity index (χ3n) is 6.49. The van der Waals surface area contributed by atoms with Crippen LogP contribution in [0.25, 0.3) is 11.4 Å². The Morgan fingerprint density at radius 1 is 1.06 bits per heavy atom. The largest absolute Gasteiger partial charge is 0.503 e. The number of hydrogen-bond donors (Lipinski definition) is 1. The lowest BCUT2D eigenvalue weighted by molar-refractivity contribution is -0.117. The van der Waals surface area contributed by atoms with Gasteiger partial charge in [-0.15, -0.1) is 0 Å². The van der Waals surface area contributed by atoms with E-state index < -0.39 is 29.5 Å². The highest BCUT2D eigenvalue weighted by molar-refractivity contribution is 6.21. The van der Waals surface area contributed by atoms with E-state index in [0.717, 1.165) is 0 Å². The van der Waals surface area contributed by atoms with Crippen molar-refractivity contribution < 1.29 is 28.8 Å². The number of Topliss-reactive ketones (excluding diaryl/α,β-unsaturated/α-hetero) is 1. The van der Waals surface area contributed by atoms with Crippen LogP contribution in [0.15, 0.2) is 64.4 Å². The van der Waals surface area contributed by atoms with E-state index in [1.54, 1.807) is 31.2 Å². The van der Waals surface area contributed by atoms with Crippen LogP contribution >= 0.6 is 0 Å². The number of aliphatic hydroxyl groups is 1. The van der Waals surface area contributed by atoms with Gasteiger partial charge in [-0.1, -0.05) is 44.0 Å². The van der Waals surface area contributed by atoms with Gasteiger partial charge in [0.1, 0.15) is 0 Å². The van der Waals surface area contributed by atoms with Crippen LogP contribution in [0.5, 0.6) is 0 Å². The quantitative estimate of drug-likeness (QED) is 0.357. The molecule has 0 fully saturated rings. The summed E-state index contributed by atoms with van der Waals surface area (Å²) in [6.45, 7) is 5.67. The number of rotatable bonds is 8. The monoisotopic (exact) mass is 489 g/mol. The minimum Gasteiger partial charge on any atom is -0.503 e. The highest BCUT2D eigenvalue weighted by Gasteiger charge is 2.46. The number of ether oxygens (including phenoxy) is 1. The third kappa shape index (κ3) is 4.39. The molecule has 9 heteroatoms. The fourth-order valence-corrected chi connectivity index (χ4v) is 4.54. The second kappa shape index (κ2) is 10.2. The van der Waals surface area contributed by atoms with Gasteiger partial charge in [-0.25, -0.2) is 4.79 Å². The van der Waals surface area contributed by atoms with Crippen LogP contribution in [0.2, 0.25) is 0 Å². The van der Waals surface area contributed by atoms with Gasteiger partial charge in [0.15, 0.2) is 11.5 Å². The maximum atomic E-state index is 13.6. The fraction of sp³-hybridized carbons (Fsp3) is 0.296. The van der Waals surface area contributed by atoms with E-state index >= 15 is 0 Å². The Morgan fingerprint density at radius 2 is 1.67 bits per heavy atom. The Kier molecular flexibility index (Phi) is 7.00. The van der Waals surface area contributed by atoms with Crippen LogP contribution in [0.1, 0.15) is 53.3 Å². The first kappa shape index (κ1) is 24.8. The summed E-state index contributed by atoms with van der Waals surface area (Å²) in [6, 6.07) is 12.3. The van der Waals surface area contributed by atoms with Gasteiger partial charge in [-0.2, -0.15) is 4.98 Å². The summed E-state index contributed by atoms with van der Waals surface area (Å²) in [6.07, 6.45) is 1.38. The Bertz CT molecular complexity index is 1320. The molecule has 1 N–H and O–H groups in total. The van der Waals surface area contributed by atoms with E-state index in [2.05, 4.69) is 10.1 Å². The molecule has 0 aliphatic carbocycles. The van der Waals surface area contributed by atoms with Crippen LogP contribution in [-0.2, 0) is 9.53 Å². The van der Waals surface area contributed by atoms with Gasteiger partial charge in [0.05, 0.1) is 24.3 Å². The minimum absolute atomic E-state index is 0.0531. The maximum Gasteiger partial charge on any atom is 0.337 e. The first-order valence-corrected chi connectivity index (χ1v) is 11.7. The summed E-state index contributed by atoms with van der Waals surface area (Å²) in [7, 11) is 1.28. The summed E-state index contributed by atoms with van der Waals surface area (Å²) < 4.78 is 9.75. The third-order valence-corrected chi connectivity index (χ3v) is 6.49. The van der Waals surface area contributed by atoms with E-state index in [9.17, 15) is 19.5 Å². The molecule has 0 bridgehead atoms. The zero-order valence-corrected chi connectivity index (χ0v) is 20.5. The van der Waals surface area contributed by atoms with E-state index in [1.807, 2.05) is 13.8 Å². The van der Waals surface area contributed by atoms with Crippen LogP contribution in [0.3, 0.4) is 0 Å². The smallest absolute Gasteiger partial charge is 0.337 e. The molecule has 1 aliphatic rings. The number of aromatic nitrogens is 2. The summed E-state index contributed by atoms with van der Waals surface area (Å²) in [4.78, 5) is 44.3. The van der Waals surface area contributed by atoms with E-state index in [-0.39, 0.29) is 17.1 Å². The van der Waals surface area contributed by atoms with Crippen molar-refractivity contribution in [3.8, 4) is 11.4 Å². The Balaban J connectivity index is 1.71. The van der Waals surface area contributed by atoms with Crippen molar-refractivity contribution in [2.24, 2.45) is 5.92 Å². The van der Waals surface area contributed by atoms with Gasteiger partial charge >= 0.3 is 5.97 Å². The standard InChI is InChI=1S/C27H27N3O6/c1-5-16(6-2)22-21(23(31)17-7-9-19(10-8-17)27(34)35-4)24(32)26(33)30(22)20-13-11-18(12-14-20)25-28-15(3)36-29-25/h7-14,16,22,32H,5-6H2,1-4H3. The molecule has 1 aliphatic heterocycles. The predicted octanol–water partition coefficient (Wildman–Crippen LogP) is 4.68. The molecule has 0 radical (unpaired) electrons. The second-order valence-electron chi connectivity index (χ2n) is 8.54. The lowest BCUT2D eigenvalue weighted by atomic mass is 9.85. The van der Waals surface area contributed by atoms with Crippen LogP contribution < -0.4 is 4.90 Å². The Hall–Kier alpha value is -4.27. The molecule has 36 heavy (non-hydrogen) atoms. The second-order valence-corrected chi connectivity index (χ2v) is 8.54. The van der Waals surface area contributed by atoms with E-state index in [0.29, 0.717) is 41.4 Å². The van der Waals surface area contributed by atoms with Crippen molar-refractivity contribution in [1.29, 1.82) is 0 Å². The number of aryl methyl sites for hydroxylation is 1. The number of carbonyl (C=O) groups is 3. The number of carbonyl (C=O) groups excluding carboxylic acids is 3. The molecule has 1 amide bonds. The van der Waals surface area contributed by atoms with Crippen molar-refractivity contribution in [1.82, 2.24) is 10.1 Å². The topological polar surface area (TPSA) is 123 Å². The molecule has 3 aromatic rings. The molecular formula is C27H27N3O6. The average molecular weight is 490 g/mol. The van der Waals surface area contributed by atoms with Crippen molar-refractivity contribution >= 4 is 23.3 Å². The number of methoxy groups -OCH3 is 1. The Labute approximate surface area is 208 Å². The van der Waals surface area contributed by atoms with Crippen LogP contribution in [-0.4, -0.2) is 46.1 Å². The summed E-state index contributed by atoms with van der Waals surface area (Å²) in [5.74, 6) is -1.39. The molecule has 0 saturated heterocycles. The number of esters is 1. The predicted molar refractivity (Wildman–Crippen MR) is 132 cm³/mol. The molecule has 0 saturated carbocycles. The summed E-state index contributed by atoms with van der Waals surface area (Å²) in [5, 5.41) is 14.8. The zero-order chi connectivity index (χ0) is 26.0. The molecule has 4 rings (SSSR count). The van der Waals surface area contributed by atoms with Crippen LogP contribution in [0, 0.1) is 12.8 Å².